The molecule has 3 heteroatoms. The van der Waals surface area contributed by atoms with Crippen molar-refractivity contribution in [3.63, 3.8) is 0 Å². The van der Waals surface area contributed by atoms with Gasteiger partial charge in [-0.2, -0.15) is 0 Å². The van der Waals surface area contributed by atoms with E-state index in [9.17, 15) is 0 Å². The monoisotopic (exact) mass is 443 g/mol. The number of fused-ring (bicyclic) bond motifs is 1. The summed E-state index contributed by atoms with van der Waals surface area (Å²) in [6.07, 6.45) is 5.27. The number of rotatable bonds is 8. The predicted molar refractivity (Wildman–Crippen MR) is 140 cm³/mol. The fourth-order valence-corrected chi connectivity index (χ4v) is 3.99. The van der Waals surface area contributed by atoms with Crippen molar-refractivity contribution in [2.45, 2.75) is 12.5 Å². The summed E-state index contributed by atoms with van der Waals surface area (Å²) >= 11 is 0. The highest BCUT2D eigenvalue weighted by atomic mass is 35.5. The molecule has 0 aliphatic carbocycles. The summed E-state index contributed by atoms with van der Waals surface area (Å²) in [5.41, 5.74) is 3.71. The second-order valence-electron chi connectivity index (χ2n) is 7.97. The molecule has 0 bridgehead atoms. The van der Waals surface area contributed by atoms with Gasteiger partial charge in [-0.15, -0.1) is 12.4 Å². The Labute approximate surface area is 197 Å². The maximum Gasteiger partial charge on any atom is 0.127 e. The summed E-state index contributed by atoms with van der Waals surface area (Å²) in [7, 11) is 4.25. The summed E-state index contributed by atoms with van der Waals surface area (Å²) in [6, 6.07) is 34.1. The lowest BCUT2D eigenvalue weighted by molar-refractivity contribution is 0.225. The molecule has 4 rings (SSSR count). The van der Waals surface area contributed by atoms with E-state index < -0.39 is 0 Å². The van der Waals surface area contributed by atoms with Crippen LogP contribution in [-0.2, 0) is 0 Å². The van der Waals surface area contributed by atoms with E-state index in [2.05, 4.69) is 122 Å². The largest absolute Gasteiger partial charge is 0.493 e. The van der Waals surface area contributed by atoms with Gasteiger partial charge in [0.2, 0.25) is 0 Å². The molecule has 32 heavy (non-hydrogen) atoms. The maximum atomic E-state index is 6.29. The van der Waals surface area contributed by atoms with Crippen molar-refractivity contribution in [3.05, 3.63) is 114 Å². The first-order chi connectivity index (χ1) is 15.2. The Bertz CT molecular complexity index is 1140. The van der Waals surface area contributed by atoms with Gasteiger partial charge >= 0.3 is 0 Å². The quantitative estimate of drug-likeness (QED) is 0.261. The molecule has 4 aromatic rings. The van der Waals surface area contributed by atoms with E-state index >= 15 is 0 Å². The van der Waals surface area contributed by atoms with Crippen LogP contribution in [0.2, 0.25) is 0 Å². The van der Waals surface area contributed by atoms with Crippen molar-refractivity contribution < 1.29 is 4.74 Å². The van der Waals surface area contributed by atoms with Crippen LogP contribution in [0.15, 0.2) is 97.1 Å². The van der Waals surface area contributed by atoms with E-state index in [-0.39, 0.29) is 12.4 Å². The van der Waals surface area contributed by atoms with Gasteiger partial charge in [0.15, 0.2) is 0 Å². The Morgan fingerprint density at radius 2 is 1.34 bits per heavy atom. The summed E-state index contributed by atoms with van der Waals surface area (Å²) < 4.78 is 6.29. The minimum Gasteiger partial charge on any atom is -0.493 e. The first-order valence-electron chi connectivity index (χ1n) is 10.8. The third-order valence-corrected chi connectivity index (χ3v) is 5.63. The molecule has 0 aliphatic heterocycles. The number of hydrogen-bond acceptors (Lipinski definition) is 2. The lowest BCUT2D eigenvalue weighted by atomic mass is 10.0. The molecule has 0 saturated carbocycles. The van der Waals surface area contributed by atoms with E-state index in [0.29, 0.717) is 12.6 Å². The van der Waals surface area contributed by atoms with Gasteiger partial charge in [0, 0.05) is 17.8 Å². The number of benzene rings is 4. The van der Waals surface area contributed by atoms with Crippen LogP contribution < -0.4 is 4.74 Å². The van der Waals surface area contributed by atoms with Crippen LogP contribution in [-0.4, -0.2) is 25.6 Å². The second kappa shape index (κ2) is 11.5. The minimum absolute atomic E-state index is 0. The zero-order valence-electron chi connectivity index (χ0n) is 18.6. The molecule has 0 saturated heterocycles. The molecule has 0 amide bonds. The summed E-state index contributed by atoms with van der Waals surface area (Å²) in [6.45, 7) is 0.668. The van der Waals surface area contributed by atoms with E-state index in [4.69, 9.17) is 4.74 Å². The average Bonchev–Trinajstić information content (AvgIpc) is 2.82. The smallest absolute Gasteiger partial charge is 0.127 e. The third kappa shape index (κ3) is 5.79. The van der Waals surface area contributed by atoms with Gasteiger partial charge in [-0.05, 0) is 42.2 Å². The Hall–Kier alpha value is -3.07. The van der Waals surface area contributed by atoms with Crippen molar-refractivity contribution in [3.8, 4) is 5.75 Å². The lowest BCUT2D eigenvalue weighted by Crippen LogP contribution is -2.22. The van der Waals surface area contributed by atoms with Crippen LogP contribution >= 0.6 is 12.4 Å². The van der Waals surface area contributed by atoms with Gasteiger partial charge in [-0.3, -0.25) is 0 Å². The fourth-order valence-electron chi connectivity index (χ4n) is 3.99. The van der Waals surface area contributed by atoms with Crippen molar-refractivity contribution in [1.82, 2.24) is 4.90 Å². The molecular formula is C29H30ClNO. The highest BCUT2D eigenvalue weighted by Crippen LogP contribution is 2.30. The summed E-state index contributed by atoms with van der Waals surface area (Å²) in [4.78, 5) is 2.26. The van der Waals surface area contributed by atoms with E-state index in [1.165, 1.54) is 22.1 Å². The Morgan fingerprint density at radius 3 is 2.03 bits per heavy atom. The Kier molecular flexibility index (Phi) is 8.49. The SMILES string of the molecule is CN(C)C(CCOc1ccc(/C=C/c2ccccc2)c2ccccc12)c1ccccc1.Cl. The molecule has 0 aromatic heterocycles. The number of ether oxygens (including phenoxy) is 1. The van der Waals surface area contributed by atoms with Crippen molar-refractivity contribution in [1.29, 1.82) is 0 Å². The van der Waals surface area contributed by atoms with Crippen molar-refractivity contribution in [2.24, 2.45) is 0 Å². The lowest BCUT2D eigenvalue weighted by Gasteiger charge is -2.25. The van der Waals surface area contributed by atoms with E-state index in [1.807, 2.05) is 6.07 Å². The van der Waals surface area contributed by atoms with Crippen molar-refractivity contribution in [2.75, 3.05) is 20.7 Å². The van der Waals surface area contributed by atoms with Gasteiger partial charge < -0.3 is 9.64 Å². The number of hydrogen-bond donors (Lipinski definition) is 0. The van der Waals surface area contributed by atoms with Crippen LogP contribution in [0.4, 0.5) is 0 Å². The molecule has 0 heterocycles. The molecule has 2 nitrogen and oxygen atoms in total. The van der Waals surface area contributed by atoms with E-state index in [1.54, 1.807) is 0 Å². The molecule has 164 valence electrons. The average molecular weight is 444 g/mol. The number of nitrogens with zero attached hydrogens (tertiary/aromatic N) is 1. The highest BCUT2D eigenvalue weighted by Gasteiger charge is 2.14. The van der Waals surface area contributed by atoms with Crippen LogP contribution in [0.3, 0.4) is 0 Å². The second-order valence-corrected chi connectivity index (χ2v) is 7.97. The minimum atomic E-state index is 0. The predicted octanol–water partition coefficient (Wildman–Crippen LogP) is 7.50. The normalized spacial score (nSPS) is 12.1. The maximum absolute atomic E-state index is 6.29. The molecular weight excluding hydrogens is 414 g/mol. The molecule has 0 aliphatic rings. The highest BCUT2D eigenvalue weighted by molar-refractivity contribution is 5.96. The first kappa shape index (κ1) is 23.6. The standard InChI is InChI=1S/C29H29NO.ClH/c1-30(2)28(25-13-7-4-8-14-25)21-22-31-29-20-19-24(26-15-9-10-16-27(26)29)18-17-23-11-5-3-6-12-23;/h3-20,28H,21-22H2,1-2H3;1H/b18-17+;. The molecule has 1 atom stereocenters. The molecule has 1 unspecified atom stereocenters. The molecule has 0 fully saturated rings. The van der Waals surface area contributed by atoms with Gasteiger partial charge in [-0.1, -0.05) is 103 Å². The van der Waals surface area contributed by atoms with Crippen LogP contribution in [0.25, 0.3) is 22.9 Å². The van der Waals surface area contributed by atoms with Gasteiger partial charge in [-0.25, -0.2) is 0 Å². The first-order valence-corrected chi connectivity index (χ1v) is 10.8. The topological polar surface area (TPSA) is 12.5 Å². The third-order valence-electron chi connectivity index (χ3n) is 5.63. The zero-order chi connectivity index (χ0) is 21.5. The van der Waals surface area contributed by atoms with Gasteiger partial charge in [0.05, 0.1) is 6.61 Å². The zero-order valence-corrected chi connectivity index (χ0v) is 19.5. The molecule has 4 aromatic carbocycles. The van der Waals surface area contributed by atoms with Gasteiger partial charge in [0.25, 0.3) is 0 Å². The van der Waals surface area contributed by atoms with Crippen molar-refractivity contribution >= 4 is 35.3 Å². The number of halogens is 1. The van der Waals surface area contributed by atoms with E-state index in [0.717, 1.165) is 17.6 Å². The van der Waals surface area contributed by atoms with Crippen LogP contribution in [0, 0.1) is 0 Å². The van der Waals surface area contributed by atoms with Gasteiger partial charge in [0.1, 0.15) is 5.75 Å². The molecule has 0 spiro atoms. The van der Waals surface area contributed by atoms with Crippen LogP contribution in [0.1, 0.15) is 29.2 Å². The molecule has 0 radical (unpaired) electrons. The Morgan fingerprint density at radius 1 is 0.719 bits per heavy atom. The molecule has 0 N–H and O–H groups in total. The van der Waals surface area contributed by atoms with Crippen LogP contribution in [0.5, 0.6) is 5.75 Å². The summed E-state index contributed by atoms with van der Waals surface area (Å²) in [5, 5.41) is 2.36. The fraction of sp³-hybridized carbons (Fsp3) is 0.172. The summed E-state index contributed by atoms with van der Waals surface area (Å²) in [5.74, 6) is 0.943. The Balaban J connectivity index is 0.00000289.